The zero-order valence-corrected chi connectivity index (χ0v) is 15.5. The van der Waals surface area contributed by atoms with E-state index in [2.05, 4.69) is 11.6 Å². The van der Waals surface area contributed by atoms with E-state index in [-0.39, 0.29) is 0 Å². The first-order chi connectivity index (χ1) is 10.5. The molecule has 0 heterocycles. The summed E-state index contributed by atoms with van der Waals surface area (Å²) in [5, 5.41) is 0.848. The van der Waals surface area contributed by atoms with Gasteiger partial charge in [-0.2, -0.15) is 0 Å². The average Bonchev–Trinajstić information content (AvgIpc) is 2.39. The maximum atomic E-state index is 12.4. The van der Waals surface area contributed by atoms with Crippen molar-refractivity contribution in [2.24, 2.45) is 5.92 Å². The van der Waals surface area contributed by atoms with Crippen molar-refractivity contribution in [1.29, 1.82) is 0 Å². The van der Waals surface area contributed by atoms with Crippen LogP contribution in [0.1, 0.15) is 32.3 Å². The zero-order chi connectivity index (χ0) is 17.4. The van der Waals surface area contributed by atoms with Gasteiger partial charge >= 0.3 is 0 Å². The van der Waals surface area contributed by atoms with Crippen molar-refractivity contribution in [3.8, 4) is 0 Å². The normalized spacial score (nSPS) is 24.9. The summed E-state index contributed by atoms with van der Waals surface area (Å²) >= 11 is 12.1. The highest BCUT2D eigenvalue weighted by atomic mass is 35.5. The summed E-state index contributed by atoms with van der Waals surface area (Å²) in [4.78, 5) is 12.4. The molecule has 23 heavy (non-hydrogen) atoms. The van der Waals surface area contributed by atoms with Crippen LogP contribution in [0.25, 0.3) is 0 Å². The molecule has 7 heteroatoms. The van der Waals surface area contributed by atoms with Crippen molar-refractivity contribution in [1.82, 2.24) is 4.72 Å². The number of carbonyl (C=O) groups excluding carboxylic acids is 1. The molecule has 1 aromatic rings. The Morgan fingerprint density at radius 2 is 1.96 bits per heavy atom. The number of benzene rings is 1. The number of amides is 1. The lowest BCUT2D eigenvalue weighted by Gasteiger charge is -2.38. The predicted molar refractivity (Wildman–Crippen MR) is 93.3 cm³/mol. The second-order valence-corrected chi connectivity index (χ2v) is 8.89. The molecule has 1 aromatic carbocycles. The second kappa shape index (κ2) is 6.46. The van der Waals surface area contributed by atoms with Crippen LogP contribution in [0.5, 0.6) is 0 Å². The molecular weight excluding hydrogens is 357 g/mol. The van der Waals surface area contributed by atoms with Crippen molar-refractivity contribution in [3.63, 3.8) is 0 Å². The van der Waals surface area contributed by atoms with Crippen LogP contribution < -0.4 is 4.72 Å². The molecule has 0 aliphatic heterocycles. The Morgan fingerprint density at radius 3 is 2.52 bits per heavy atom. The summed E-state index contributed by atoms with van der Waals surface area (Å²) in [7, 11) is -3.62. The highest BCUT2D eigenvalue weighted by Gasteiger charge is 2.39. The number of allylic oxidation sites excluding steroid dienone is 1. The molecule has 1 aliphatic rings. The Balaban J connectivity index is 2.50. The zero-order valence-electron chi connectivity index (χ0n) is 13.2. The van der Waals surface area contributed by atoms with E-state index in [1.54, 1.807) is 12.1 Å². The Hall–Kier alpha value is -1.04. The van der Waals surface area contributed by atoms with Gasteiger partial charge in [0.1, 0.15) is 0 Å². The maximum absolute atomic E-state index is 12.4. The summed E-state index contributed by atoms with van der Waals surface area (Å²) < 4.78 is 24.9. The summed E-state index contributed by atoms with van der Waals surface area (Å²) in [5.74, 6) is -0.225. The number of hydrogen-bond donors (Lipinski definition) is 1. The van der Waals surface area contributed by atoms with Gasteiger partial charge in [-0.25, -0.2) is 13.1 Å². The van der Waals surface area contributed by atoms with E-state index in [1.807, 2.05) is 19.1 Å². The number of hydrogen-bond acceptors (Lipinski definition) is 3. The third-order valence-electron chi connectivity index (χ3n) is 4.15. The van der Waals surface area contributed by atoms with Crippen LogP contribution in [0.3, 0.4) is 0 Å². The molecule has 0 spiro atoms. The molecule has 4 nitrogen and oxygen atoms in total. The lowest BCUT2D eigenvalue weighted by atomic mass is 9.66. The van der Waals surface area contributed by atoms with Crippen LogP contribution >= 0.6 is 23.2 Å². The van der Waals surface area contributed by atoms with Gasteiger partial charge in [-0.3, -0.25) is 4.79 Å². The lowest BCUT2D eigenvalue weighted by Crippen LogP contribution is -2.41. The molecule has 0 bridgehead atoms. The number of rotatable bonds is 3. The predicted octanol–water partition coefficient (Wildman–Crippen LogP) is 3.68. The monoisotopic (exact) mass is 375 g/mol. The molecule has 2 rings (SSSR count). The van der Waals surface area contributed by atoms with Gasteiger partial charge in [0.05, 0.1) is 16.3 Å². The smallest absolute Gasteiger partial charge is 0.261 e. The van der Waals surface area contributed by atoms with Crippen molar-refractivity contribution in [3.05, 3.63) is 45.5 Å². The Bertz CT molecular complexity index is 774. The third kappa shape index (κ3) is 4.08. The molecule has 1 N–H and O–H groups in total. The van der Waals surface area contributed by atoms with E-state index in [9.17, 15) is 13.2 Å². The van der Waals surface area contributed by atoms with Crippen LogP contribution in [-0.2, 0) is 20.2 Å². The number of sulfonamides is 1. The minimum absolute atomic E-state index is 0.365. The fraction of sp³-hybridized carbons (Fsp3) is 0.438. The fourth-order valence-corrected chi connectivity index (χ4v) is 3.86. The standard InChI is InChI=1S/C16H19Cl2NO3S/c1-10-4-6-12(15(20)19-23(3,21)22)16(2,9-10)11-5-7-13(17)14(18)8-11/h5-8,10H,4,9H2,1-3H3,(H,19,20)/t10-,16-/m0/s1. The molecule has 0 radical (unpaired) electrons. The van der Waals surface area contributed by atoms with Gasteiger partial charge < -0.3 is 0 Å². The minimum atomic E-state index is -3.62. The van der Waals surface area contributed by atoms with Gasteiger partial charge in [0.2, 0.25) is 10.0 Å². The van der Waals surface area contributed by atoms with E-state index < -0.39 is 21.3 Å². The Labute approximate surface area is 146 Å². The molecule has 0 saturated carbocycles. The highest BCUT2D eigenvalue weighted by molar-refractivity contribution is 7.89. The highest BCUT2D eigenvalue weighted by Crippen LogP contribution is 2.44. The Kier molecular flexibility index (Phi) is 5.14. The number of carbonyl (C=O) groups is 1. The van der Waals surface area contributed by atoms with Crippen molar-refractivity contribution in [2.45, 2.75) is 32.1 Å². The third-order valence-corrected chi connectivity index (χ3v) is 5.45. The number of nitrogens with one attached hydrogen (secondary N) is 1. The molecular formula is C16H19Cl2NO3S. The molecule has 0 unspecified atom stereocenters. The molecule has 1 amide bonds. The van der Waals surface area contributed by atoms with Gasteiger partial charge in [0.15, 0.2) is 0 Å². The SMILES string of the molecule is C[C@H]1CC=C(C(=O)NS(C)(=O)=O)[C@](C)(c2ccc(Cl)c(Cl)c2)C1. The van der Waals surface area contributed by atoms with Gasteiger partial charge in [-0.15, -0.1) is 0 Å². The van der Waals surface area contributed by atoms with E-state index in [4.69, 9.17) is 23.2 Å². The molecule has 1 aliphatic carbocycles. The largest absolute Gasteiger partial charge is 0.269 e. The summed E-state index contributed by atoms with van der Waals surface area (Å²) in [6.45, 7) is 4.02. The lowest BCUT2D eigenvalue weighted by molar-refractivity contribution is -0.116. The first-order valence-electron chi connectivity index (χ1n) is 7.21. The first kappa shape index (κ1) is 18.3. The Morgan fingerprint density at radius 1 is 1.30 bits per heavy atom. The molecule has 2 atom stereocenters. The molecule has 126 valence electrons. The van der Waals surface area contributed by atoms with Crippen LogP contribution in [0.4, 0.5) is 0 Å². The number of halogens is 2. The second-order valence-electron chi connectivity index (χ2n) is 6.33. The average molecular weight is 376 g/mol. The van der Waals surface area contributed by atoms with E-state index >= 15 is 0 Å². The van der Waals surface area contributed by atoms with Crippen molar-refractivity contribution >= 4 is 39.1 Å². The molecule has 0 saturated heterocycles. The minimum Gasteiger partial charge on any atom is -0.269 e. The summed E-state index contributed by atoms with van der Waals surface area (Å²) in [5.41, 5.74) is 0.661. The van der Waals surface area contributed by atoms with Gasteiger partial charge in [0, 0.05) is 11.0 Å². The summed E-state index contributed by atoms with van der Waals surface area (Å²) in [6, 6.07) is 5.26. The van der Waals surface area contributed by atoms with Crippen LogP contribution in [0.2, 0.25) is 10.0 Å². The van der Waals surface area contributed by atoms with Gasteiger partial charge in [0.25, 0.3) is 5.91 Å². The maximum Gasteiger partial charge on any atom is 0.261 e. The molecule has 0 fully saturated rings. The topological polar surface area (TPSA) is 63.2 Å². The van der Waals surface area contributed by atoms with Crippen LogP contribution in [0, 0.1) is 5.92 Å². The summed E-state index contributed by atoms with van der Waals surface area (Å²) in [6.07, 6.45) is 4.22. The quantitative estimate of drug-likeness (QED) is 0.875. The molecule has 0 aromatic heterocycles. The fourth-order valence-electron chi connectivity index (χ4n) is 3.11. The van der Waals surface area contributed by atoms with Gasteiger partial charge in [-0.05, 0) is 36.5 Å². The van der Waals surface area contributed by atoms with Crippen molar-refractivity contribution in [2.75, 3.05) is 6.26 Å². The first-order valence-corrected chi connectivity index (χ1v) is 9.86. The van der Waals surface area contributed by atoms with Crippen LogP contribution in [0.15, 0.2) is 29.8 Å². The van der Waals surface area contributed by atoms with E-state index in [0.29, 0.717) is 28.0 Å². The van der Waals surface area contributed by atoms with Gasteiger partial charge in [-0.1, -0.05) is 49.2 Å². The van der Waals surface area contributed by atoms with E-state index in [0.717, 1.165) is 18.2 Å². The van der Waals surface area contributed by atoms with E-state index in [1.165, 1.54) is 0 Å². The van der Waals surface area contributed by atoms with Crippen molar-refractivity contribution < 1.29 is 13.2 Å². The van der Waals surface area contributed by atoms with Crippen LogP contribution in [-0.4, -0.2) is 20.6 Å².